The predicted octanol–water partition coefficient (Wildman–Crippen LogP) is 1.43. The van der Waals surface area contributed by atoms with Gasteiger partial charge < -0.3 is 0 Å². The van der Waals surface area contributed by atoms with E-state index in [4.69, 9.17) is 5.26 Å². The molecular formula is C7H3N3OS2. The molecule has 0 aromatic carbocycles. The Kier molecular flexibility index (Phi) is 1.96. The number of nitrogens with zero attached hydrogens (tertiary/aromatic N) is 2. The molecule has 0 radical (unpaired) electrons. The smallest absolute Gasteiger partial charge is 0.255 e. The second-order valence-electron chi connectivity index (χ2n) is 2.19. The van der Waals surface area contributed by atoms with Crippen LogP contribution < -0.4 is 4.87 Å². The van der Waals surface area contributed by atoms with Crippen molar-refractivity contribution in [2.24, 2.45) is 0 Å². The second kappa shape index (κ2) is 3.12. The first-order valence-corrected chi connectivity index (χ1v) is 4.99. The molecule has 2 heterocycles. The number of rotatable bonds is 1. The van der Waals surface area contributed by atoms with Crippen LogP contribution in [0, 0.1) is 11.3 Å². The van der Waals surface area contributed by atoms with Crippen molar-refractivity contribution in [3.8, 4) is 16.0 Å². The lowest BCUT2D eigenvalue weighted by atomic mass is 10.4. The summed E-state index contributed by atoms with van der Waals surface area (Å²) >= 11 is 2.37. The van der Waals surface area contributed by atoms with Gasteiger partial charge in [-0.05, 0) is 12.1 Å². The number of aromatic nitrogens is 2. The van der Waals surface area contributed by atoms with Gasteiger partial charge in [-0.3, -0.25) is 4.79 Å². The Morgan fingerprint density at radius 3 is 2.85 bits per heavy atom. The maximum absolute atomic E-state index is 10.8. The molecule has 64 valence electrons. The Bertz CT molecular complexity index is 516. The highest BCUT2D eigenvalue weighted by Crippen LogP contribution is 2.26. The summed E-state index contributed by atoms with van der Waals surface area (Å²) in [5, 5.41) is 15.4. The predicted molar refractivity (Wildman–Crippen MR) is 50.8 cm³/mol. The Balaban J connectivity index is 2.48. The van der Waals surface area contributed by atoms with Crippen molar-refractivity contribution >= 4 is 22.7 Å². The van der Waals surface area contributed by atoms with Gasteiger partial charge in [-0.1, -0.05) is 11.3 Å². The van der Waals surface area contributed by atoms with Crippen LogP contribution in [-0.4, -0.2) is 10.2 Å². The molecule has 6 heteroatoms. The van der Waals surface area contributed by atoms with E-state index in [1.54, 1.807) is 12.1 Å². The summed E-state index contributed by atoms with van der Waals surface area (Å²) in [5.74, 6) is 0. The fraction of sp³-hybridized carbons (Fsp3) is 0. The number of hydrogen-bond donors (Lipinski definition) is 1. The molecule has 0 amide bonds. The lowest BCUT2D eigenvalue weighted by Gasteiger charge is -1.82. The molecule has 0 unspecified atom stereocenters. The van der Waals surface area contributed by atoms with Crippen molar-refractivity contribution in [1.82, 2.24) is 10.2 Å². The summed E-state index contributed by atoms with van der Waals surface area (Å²) in [6.07, 6.45) is 0. The van der Waals surface area contributed by atoms with Crippen molar-refractivity contribution in [1.29, 1.82) is 5.26 Å². The van der Waals surface area contributed by atoms with E-state index in [0.717, 1.165) is 16.2 Å². The second-order valence-corrected chi connectivity index (χ2v) is 4.24. The standard InChI is InChI=1S/C7H3N3OS2/c8-3-4-1-2-5(12-4)6-9-10-7(11)13-6/h1-2H,(H,10,11). The van der Waals surface area contributed by atoms with Gasteiger partial charge in [0, 0.05) is 0 Å². The molecular weight excluding hydrogens is 206 g/mol. The molecule has 0 aliphatic carbocycles. The molecule has 0 saturated carbocycles. The van der Waals surface area contributed by atoms with Crippen LogP contribution in [0.2, 0.25) is 0 Å². The van der Waals surface area contributed by atoms with Gasteiger partial charge in [0.25, 0.3) is 0 Å². The normalized spacial score (nSPS) is 9.77. The fourth-order valence-electron chi connectivity index (χ4n) is 0.848. The average Bonchev–Trinajstić information content (AvgIpc) is 2.71. The fourth-order valence-corrected chi connectivity index (χ4v) is 2.31. The molecule has 13 heavy (non-hydrogen) atoms. The minimum absolute atomic E-state index is 0.179. The van der Waals surface area contributed by atoms with Gasteiger partial charge in [0.2, 0.25) is 0 Å². The van der Waals surface area contributed by atoms with E-state index in [1.807, 2.05) is 6.07 Å². The summed E-state index contributed by atoms with van der Waals surface area (Å²) in [6.45, 7) is 0. The number of nitriles is 1. The van der Waals surface area contributed by atoms with Gasteiger partial charge in [0.1, 0.15) is 10.9 Å². The van der Waals surface area contributed by atoms with E-state index >= 15 is 0 Å². The van der Waals surface area contributed by atoms with Gasteiger partial charge in [-0.15, -0.1) is 11.3 Å². The van der Waals surface area contributed by atoms with Gasteiger partial charge in [0.15, 0.2) is 5.01 Å². The molecule has 0 aliphatic heterocycles. The molecule has 0 saturated heterocycles. The summed E-state index contributed by atoms with van der Waals surface area (Å²) in [4.78, 5) is 12.1. The third kappa shape index (κ3) is 1.52. The van der Waals surface area contributed by atoms with Crippen LogP contribution in [0.3, 0.4) is 0 Å². The number of H-pyrrole nitrogens is 1. The summed E-state index contributed by atoms with van der Waals surface area (Å²) in [6, 6.07) is 5.53. The van der Waals surface area contributed by atoms with Crippen LogP contribution in [-0.2, 0) is 0 Å². The molecule has 0 aliphatic rings. The topological polar surface area (TPSA) is 69.5 Å². The van der Waals surface area contributed by atoms with Crippen molar-refractivity contribution in [2.45, 2.75) is 0 Å². The highest BCUT2D eigenvalue weighted by Gasteiger charge is 2.06. The number of aromatic amines is 1. The monoisotopic (exact) mass is 209 g/mol. The molecule has 2 aromatic heterocycles. The average molecular weight is 209 g/mol. The zero-order valence-electron chi connectivity index (χ0n) is 6.27. The Morgan fingerprint density at radius 2 is 2.31 bits per heavy atom. The molecule has 2 rings (SSSR count). The maximum Gasteiger partial charge on any atom is 0.322 e. The lowest BCUT2D eigenvalue weighted by Crippen LogP contribution is -1.90. The van der Waals surface area contributed by atoms with Gasteiger partial charge in [0.05, 0.1) is 4.88 Å². The first kappa shape index (κ1) is 8.16. The Labute approximate surface area is 81.1 Å². The van der Waals surface area contributed by atoms with Crippen molar-refractivity contribution in [3.05, 3.63) is 26.7 Å². The van der Waals surface area contributed by atoms with Crippen molar-refractivity contribution in [2.75, 3.05) is 0 Å². The molecule has 2 aromatic rings. The summed E-state index contributed by atoms with van der Waals surface area (Å²) < 4.78 is 0. The van der Waals surface area contributed by atoms with Crippen molar-refractivity contribution in [3.63, 3.8) is 0 Å². The molecule has 4 nitrogen and oxygen atoms in total. The summed E-state index contributed by atoms with van der Waals surface area (Å²) in [7, 11) is 0. The highest BCUT2D eigenvalue weighted by molar-refractivity contribution is 7.21. The van der Waals surface area contributed by atoms with Crippen LogP contribution in [0.25, 0.3) is 9.88 Å². The zero-order valence-corrected chi connectivity index (χ0v) is 7.91. The zero-order chi connectivity index (χ0) is 9.26. The van der Waals surface area contributed by atoms with Crippen LogP contribution in [0.1, 0.15) is 4.88 Å². The Hall–Kier alpha value is -1.45. The number of nitrogens with one attached hydrogen (secondary N) is 1. The van der Waals surface area contributed by atoms with Crippen LogP contribution in [0.4, 0.5) is 0 Å². The minimum Gasteiger partial charge on any atom is -0.255 e. The van der Waals surface area contributed by atoms with Gasteiger partial charge >= 0.3 is 4.87 Å². The molecule has 0 fully saturated rings. The first-order chi connectivity index (χ1) is 6.29. The van der Waals surface area contributed by atoms with Crippen molar-refractivity contribution < 1.29 is 0 Å². The molecule has 1 N–H and O–H groups in total. The van der Waals surface area contributed by atoms with E-state index in [1.165, 1.54) is 11.3 Å². The lowest BCUT2D eigenvalue weighted by molar-refractivity contribution is 1.06. The number of thiophene rings is 1. The number of hydrogen-bond acceptors (Lipinski definition) is 5. The van der Waals surface area contributed by atoms with E-state index in [2.05, 4.69) is 10.2 Å². The third-order valence-corrected chi connectivity index (χ3v) is 3.27. The first-order valence-electron chi connectivity index (χ1n) is 3.35. The van der Waals surface area contributed by atoms with Crippen LogP contribution in [0.15, 0.2) is 16.9 Å². The third-order valence-electron chi connectivity index (χ3n) is 1.37. The van der Waals surface area contributed by atoms with Gasteiger partial charge in [-0.25, -0.2) is 5.10 Å². The largest absolute Gasteiger partial charge is 0.322 e. The maximum atomic E-state index is 10.8. The molecule has 0 bridgehead atoms. The quantitative estimate of drug-likeness (QED) is 0.772. The van der Waals surface area contributed by atoms with E-state index in [9.17, 15) is 4.79 Å². The Morgan fingerprint density at radius 1 is 1.46 bits per heavy atom. The molecule has 0 spiro atoms. The highest BCUT2D eigenvalue weighted by atomic mass is 32.1. The van der Waals surface area contributed by atoms with Crippen LogP contribution >= 0.6 is 22.7 Å². The molecule has 0 atom stereocenters. The summed E-state index contributed by atoms with van der Waals surface area (Å²) in [5.41, 5.74) is 0. The minimum atomic E-state index is -0.179. The van der Waals surface area contributed by atoms with E-state index in [-0.39, 0.29) is 4.87 Å². The van der Waals surface area contributed by atoms with Crippen LogP contribution in [0.5, 0.6) is 0 Å². The van der Waals surface area contributed by atoms with E-state index in [0.29, 0.717) is 9.88 Å². The van der Waals surface area contributed by atoms with E-state index < -0.39 is 0 Å². The SMILES string of the molecule is N#Cc1ccc(-c2n[nH]c(=O)s2)s1. The van der Waals surface area contributed by atoms with Gasteiger partial charge in [-0.2, -0.15) is 10.4 Å².